The molecule has 0 unspecified atom stereocenters. The molecule has 0 bridgehead atoms. The third-order valence-electron chi connectivity index (χ3n) is 2.72. The monoisotopic (exact) mass is 210 g/mol. The molecule has 0 atom stereocenters. The summed E-state index contributed by atoms with van der Waals surface area (Å²) in [6.07, 6.45) is 14.2. The Morgan fingerprint density at radius 2 is 1.13 bits per heavy atom. The van der Waals surface area contributed by atoms with Crippen LogP contribution in [0.15, 0.2) is 12.2 Å². The number of rotatable bonds is 9. The summed E-state index contributed by atoms with van der Waals surface area (Å²) in [5.41, 5.74) is 0. The van der Waals surface area contributed by atoms with Crippen LogP contribution in [-0.2, 0) is 0 Å². The molecule has 0 aliphatic rings. The Balaban J connectivity index is 3.11. The van der Waals surface area contributed by atoms with E-state index in [-0.39, 0.29) is 0 Å². The second kappa shape index (κ2) is 10.3. The minimum atomic E-state index is 0.865. The first-order chi connectivity index (χ1) is 7.13. The molecule has 0 radical (unpaired) electrons. The maximum Gasteiger partial charge on any atom is -0.0351 e. The number of allylic oxidation sites excluding steroid dienone is 2. The van der Waals surface area contributed by atoms with Crippen LogP contribution in [0.2, 0.25) is 0 Å². The fourth-order valence-corrected chi connectivity index (χ4v) is 1.69. The Morgan fingerprint density at radius 3 is 1.67 bits per heavy atom. The van der Waals surface area contributed by atoms with Crippen LogP contribution in [0.4, 0.5) is 0 Å². The summed E-state index contributed by atoms with van der Waals surface area (Å²) >= 11 is 0. The minimum Gasteiger partial charge on any atom is -0.0885 e. The van der Waals surface area contributed by atoms with E-state index in [0.717, 1.165) is 11.8 Å². The Kier molecular flexibility index (Phi) is 10.1. The summed E-state index contributed by atoms with van der Waals surface area (Å²) in [5.74, 6) is 1.74. The topological polar surface area (TPSA) is 0 Å². The molecule has 0 N–H and O–H groups in total. The third-order valence-corrected chi connectivity index (χ3v) is 2.72. The molecule has 0 heteroatoms. The van der Waals surface area contributed by atoms with Crippen LogP contribution < -0.4 is 0 Å². The molecule has 90 valence electrons. The smallest absolute Gasteiger partial charge is 0.0351 e. The molecule has 0 amide bonds. The van der Waals surface area contributed by atoms with Gasteiger partial charge in [0.1, 0.15) is 0 Å². The van der Waals surface area contributed by atoms with E-state index in [4.69, 9.17) is 0 Å². The molecule has 0 saturated heterocycles. The van der Waals surface area contributed by atoms with Crippen molar-refractivity contribution in [1.29, 1.82) is 0 Å². The maximum absolute atomic E-state index is 2.38. The molecule has 0 aliphatic heterocycles. The fourth-order valence-electron chi connectivity index (χ4n) is 1.69. The molecular formula is C15H30. The van der Waals surface area contributed by atoms with Crippen LogP contribution >= 0.6 is 0 Å². The van der Waals surface area contributed by atoms with E-state index in [0.29, 0.717) is 0 Å². The van der Waals surface area contributed by atoms with Crippen LogP contribution in [0.5, 0.6) is 0 Å². The van der Waals surface area contributed by atoms with Gasteiger partial charge in [-0.15, -0.1) is 0 Å². The Morgan fingerprint density at radius 1 is 0.667 bits per heavy atom. The average molecular weight is 210 g/mol. The highest BCUT2D eigenvalue weighted by atomic mass is 14.0. The summed E-state index contributed by atoms with van der Waals surface area (Å²) in [4.78, 5) is 0. The molecule has 0 aromatic rings. The standard InChI is InChI=1S/C15H30/c1-14(2)12-10-8-6-5-7-9-11-13-15(3)4/h5-6,14-15H,7-13H2,1-4H3/b6-5+. The lowest BCUT2D eigenvalue weighted by atomic mass is 10.0. The van der Waals surface area contributed by atoms with Crippen molar-refractivity contribution >= 4 is 0 Å². The van der Waals surface area contributed by atoms with E-state index in [2.05, 4.69) is 39.8 Å². The van der Waals surface area contributed by atoms with E-state index in [1.54, 1.807) is 0 Å². The second-order valence-corrected chi connectivity index (χ2v) is 5.47. The van der Waals surface area contributed by atoms with Crippen LogP contribution in [0.25, 0.3) is 0 Å². The predicted molar refractivity (Wildman–Crippen MR) is 71.1 cm³/mol. The Hall–Kier alpha value is -0.260. The Bertz CT molecular complexity index is 142. The Labute approximate surface area is 97.2 Å². The van der Waals surface area contributed by atoms with Crippen molar-refractivity contribution in [3.63, 3.8) is 0 Å². The normalized spacial score (nSPS) is 12.1. The van der Waals surface area contributed by atoms with Crippen LogP contribution in [0.1, 0.15) is 72.6 Å². The molecular weight excluding hydrogens is 180 g/mol. The van der Waals surface area contributed by atoms with Crippen molar-refractivity contribution in [2.24, 2.45) is 11.8 Å². The van der Waals surface area contributed by atoms with Crippen LogP contribution in [-0.4, -0.2) is 0 Å². The molecule has 0 aromatic carbocycles. The summed E-state index contributed by atoms with van der Waals surface area (Å²) in [6.45, 7) is 9.22. The summed E-state index contributed by atoms with van der Waals surface area (Å²) in [7, 11) is 0. The zero-order chi connectivity index (χ0) is 11.5. The zero-order valence-corrected chi connectivity index (χ0v) is 11.3. The molecule has 0 aliphatic carbocycles. The maximum atomic E-state index is 2.38. The quantitative estimate of drug-likeness (QED) is 0.344. The number of hydrogen-bond donors (Lipinski definition) is 0. The lowest BCUT2D eigenvalue weighted by molar-refractivity contribution is 0.539. The largest absolute Gasteiger partial charge is 0.0885 e. The predicted octanol–water partition coefficient (Wildman–Crippen LogP) is 5.59. The van der Waals surface area contributed by atoms with Gasteiger partial charge >= 0.3 is 0 Å². The fraction of sp³-hybridized carbons (Fsp3) is 0.867. The van der Waals surface area contributed by atoms with Crippen LogP contribution in [0, 0.1) is 11.8 Å². The summed E-state index contributed by atoms with van der Waals surface area (Å²) in [6, 6.07) is 0. The number of unbranched alkanes of at least 4 members (excludes halogenated alkanes) is 3. The van der Waals surface area contributed by atoms with E-state index in [9.17, 15) is 0 Å². The van der Waals surface area contributed by atoms with Gasteiger partial charge in [0.15, 0.2) is 0 Å². The summed E-state index contributed by atoms with van der Waals surface area (Å²) < 4.78 is 0. The zero-order valence-electron chi connectivity index (χ0n) is 11.3. The van der Waals surface area contributed by atoms with Crippen molar-refractivity contribution in [2.45, 2.75) is 72.6 Å². The van der Waals surface area contributed by atoms with Gasteiger partial charge in [0.05, 0.1) is 0 Å². The van der Waals surface area contributed by atoms with Crippen molar-refractivity contribution < 1.29 is 0 Å². The van der Waals surface area contributed by atoms with E-state index >= 15 is 0 Å². The first kappa shape index (κ1) is 14.7. The molecule has 15 heavy (non-hydrogen) atoms. The van der Waals surface area contributed by atoms with Gasteiger partial charge in [-0.25, -0.2) is 0 Å². The molecule has 0 heterocycles. The SMILES string of the molecule is CC(C)CCC/C=C/CCCCC(C)C. The highest BCUT2D eigenvalue weighted by Crippen LogP contribution is 2.09. The first-order valence-electron chi connectivity index (χ1n) is 6.78. The molecule has 0 rings (SSSR count). The van der Waals surface area contributed by atoms with Crippen molar-refractivity contribution in [2.75, 3.05) is 0 Å². The highest BCUT2D eigenvalue weighted by Gasteiger charge is 1.93. The van der Waals surface area contributed by atoms with Gasteiger partial charge < -0.3 is 0 Å². The van der Waals surface area contributed by atoms with E-state index in [1.807, 2.05) is 0 Å². The van der Waals surface area contributed by atoms with Crippen molar-refractivity contribution in [3.05, 3.63) is 12.2 Å². The molecule has 0 fully saturated rings. The summed E-state index contributed by atoms with van der Waals surface area (Å²) in [5, 5.41) is 0. The third kappa shape index (κ3) is 13.7. The second-order valence-electron chi connectivity index (χ2n) is 5.47. The molecule has 0 nitrogen and oxygen atoms in total. The van der Waals surface area contributed by atoms with Gasteiger partial charge in [-0.2, -0.15) is 0 Å². The van der Waals surface area contributed by atoms with Crippen molar-refractivity contribution in [1.82, 2.24) is 0 Å². The van der Waals surface area contributed by atoms with Crippen LogP contribution in [0.3, 0.4) is 0 Å². The molecule has 0 aromatic heterocycles. The van der Waals surface area contributed by atoms with Gasteiger partial charge in [-0.05, 0) is 37.5 Å². The minimum absolute atomic E-state index is 0.865. The number of hydrogen-bond acceptors (Lipinski definition) is 0. The lowest BCUT2D eigenvalue weighted by Gasteiger charge is -2.02. The lowest BCUT2D eigenvalue weighted by Crippen LogP contribution is -1.86. The van der Waals surface area contributed by atoms with E-state index < -0.39 is 0 Å². The van der Waals surface area contributed by atoms with Gasteiger partial charge in [0.2, 0.25) is 0 Å². The first-order valence-corrected chi connectivity index (χ1v) is 6.78. The van der Waals surface area contributed by atoms with Gasteiger partial charge in [-0.1, -0.05) is 59.1 Å². The molecule has 0 spiro atoms. The van der Waals surface area contributed by atoms with Gasteiger partial charge in [0.25, 0.3) is 0 Å². The van der Waals surface area contributed by atoms with E-state index in [1.165, 1.54) is 44.9 Å². The highest BCUT2D eigenvalue weighted by molar-refractivity contribution is 4.81. The van der Waals surface area contributed by atoms with Gasteiger partial charge in [0, 0.05) is 0 Å². The van der Waals surface area contributed by atoms with Crippen molar-refractivity contribution in [3.8, 4) is 0 Å². The average Bonchev–Trinajstić information content (AvgIpc) is 2.14. The molecule has 0 saturated carbocycles. The van der Waals surface area contributed by atoms with Gasteiger partial charge in [-0.3, -0.25) is 0 Å².